The third kappa shape index (κ3) is 3.17. The van der Waals surface area contributed by atoms with E-state index in [1.165, 1.54) is 0 Å². The van der Waals surface area contributed by atoms with E-state index in [0.29, 0.717) is 15.1 Å². The Hall–Kier alpha value is -0.460. The summed E-state index contributed by atoms with van der Waals surface area (Å²) in [6, 6.07) is 6.26. The predicted octanol–water partition coefficient (Wildman–Crippen LogP) is 4.99. The highest BCUT2D eigenvalue weighted by atomic mass is 35.5. The van der Waals surface area contributed by atoms with Crippen molar-refractivity contribution in [1.82, 2.24) is 5.32 Å². The van der Waals surface area contributed by atoms with Gasteiger partial charge in [-0.2, -0.15) is 5.26 Å². The number of nitriles is 1. The van der Waals surface area contributed by atoms with Gasteiger partial charge in [-0.3, -0.25) is 0 Å². The molecule has 2 nitrogen and oxygen atoms in total. The van der Waals surface area contributed by atoms with E-state index >= 15 is 0 Å². The molecular formula is C14H15Cl3N2. The van der Waals surface area contributed by atoms with Crippen molar-refractivity contribution < 1.29 is 0 Å². The van der Waals surface area contributed by atoms with Crippen LogP contribution in [-0.2, 0) is 0 Å². The molecule has 5 heteroatoms. The second-order valence-corrected chi connectivity index (χ2v) is 6.09. The summed E-state index contributed by atoms with van der Waals surface area (Å²) >= 11 is 18.2. The van der Waals surface area contributed by atoms with Crippen LogP contribution in [0.15, 0.2) is 12.1 Å². The normalized spacial score (nSPS) is 24.2. The second-order valence-electron chi connectivity index (χ2n) is 4.93. The standard InChI is InChI=1S/C14H15Cl3N2/c1-8(19-12-4-2-3-9(12)7-18)10-5-6-11(15)14(17)13(10)16/h5-6,8-9,12,19H,2-4H2,1H3. The Balaban J connectivity index is 2.14. The van der Waals surface area contributed by atoms with Crippen LogP contribution in [0.3, 0.4) is 0 Å². The molecule has 0 aromatic heterocycles. The Kier molecular flexibility index (Phi) is 4.97. The van der Waals surface area contributed by atoms with E-state index in [1.54, 1.807) is 6.07 Å². The fourth-order valence-corrected chi connectivity index (χ4v) is 3.31. The van der Waals surface area contributed by atoms with Crippen LogP contribution in [0.25, 0.3) is 0 Å². The van der Waals surface area contributed by atoms with E-state index in [4.69, 9.17) is 40.1 Å². The number of hydrogen-bond acceptors (Lipinski definition) is 2. The summed E-state index contributed by atoms with van der Waals surface area (Å²) < 4.78 is 0. The monoisotopic (exact) mass is 316 g/mol. The predicted molar refractivity (Wildman–Crippen MR) is 79.8 cm³/mol. The number of hydrogen-bond donors (Lipinski definition) is 1. The summed E-state index contributed by atoms with van der Waals surface area (Å²) in [4.78, 5) is 0. The molecular weight excluding hydrogens is 303 g/mol. The van der Waals surface area contributed by atoms with Crippen molar-refractivity contribution in [3.8, 4) is 6.07 Å². The largest absolute Gasteiger partial charge is 0.306 e. The molecule has 3 unspecified atom stereocenters. The lowest BCUT2D eigenvalue weighted by atomic mass is 10.0. The van der Waals surface area contributed by atoms with Crippen molar-refractivity contribution in [1.29, 1.82) is 5.26 Å². The molecule has 1 aromatic rings. The molecule has 3 atom stereocenters. The Labute approximate surface area is 128 Å². The van der Waals surface area contributed by atoms with Crippen LogP contribution in [0.2, 0.25) is 15.1 Å². The van der Waals surface area contributed by atoms with Crippen molar-refractivity contribution in [2.75, 3.05) is 0 Å². The highest BCUT2D eigenvalue weighted by molar-refractivity contribution is 6.48. The van der Waals surface area contributed by atoms with Crippen molar-refractivity contribution >= 4 is 34.8 Å². The van der Waals surface area contributed by atoms with Gasteiger partial charge < -0.3 is 5.32 Å². The van der Waals surface area contributed by atoms with Crippen molar-refractivity contribution in [2.24, 2.45) is 5.92 Å². The van der Waals surface area contributed by atoms with E-state index in [9.17, 15) is 0 Å². The van der Waals surface area contributed by atoms with Crippen LogP contribution in [0.1, 0.15) is 37.8 Å². The third-order valence-electron chi connectivity index (χ3n) is 3.68. The van der Waals surface area contributed by atoms with Gasteiger partial charge in [-0.15, -0.1) is 0 Å². The summed E-state index contributed by atoms with van der Waals surface area (Å²) in [6.45, 7) is 2.03. The van der Waals surface area contributed by atoms with Crippen LogP contribution in [-0.4, -0.2) is 6.04 Å². The molecule has 1 saturated carbocycles. The van der Waals surface area contributed by atoms with Crippen LogP contribution < -0.4 is 5.32 Å². The lowest BCUT2D eigenvalue weighted by Gasteiger charge is -2.23. The van der Waals surface area contributed by atoms with Gasteiger partial charge in [0.25, 0.3) is 0 Å². The molecule has 1 aromatic carbocycles. The average Bonchev–Trinajstić information content (AvgIpc) is 2.83. The molecule has 1 N–H and O–H groups in total. The average molecular weight is 318 g/mol. The van der Waals surface area contributed by atoms with Gasteiger partial charge in [0.2, 0.25) is 0 Å². The van der Waals surface area contributed by atoms with Gasteiger partial charge in [0.15, 0.2) is 0 Å². The fraction of sp³-hybridized carbons (Fsp3) is 0.500. The van der Waals surface area contributed by atoms with Gasteiger partial charge in [0.1, 0.15) is 0 Å². The highest BCUT2D eigenvalue weighted by Gasteiger charge is 2.28. The summed E-state index contributed by atoms with van der Waals surface area (Å²) in [6.07, 6.45) is 3.09. The van der Waals surface area contributed by atoms with Crippen LogP contribution in [0, 0.1) is 17.2 Å². The minimum Gasteiger partial charge on any atom is -0.306 e. The van der Waals surface area contributed by atoms with Gasteiger partial charge in [-0.25, -0.2) is 0 Å². The number of halogens is 3. The number of nitrogens with one attached hydrogen (secondary N) is 1. The van der Waals surface area contributed by atoms with Gasteiger partial charge in [-0.1, -0.05) is 47.3 Å². The number of benzene rings is 1. The first-order valence-corrected chi connectivity index (χ1v) is 7.47. The van der Waals surface area contributed by atoms with Crippen molar-refractivity contribution in [3.05, 3.63) is 32.8 Å². The SMILES string of the molecule is CC(NC1CCCC1C#N)c1ccc(Cl)c(Cl)c1Cl. The first-order chi connectivity index (χ1) is 9.04. The molecule has 0 aliphatic heterocycles. The van der Waals surface area contributed by atoms with Crippen molar-refractivity contribution in [3.63, 3.8) is 0 Å². The van der Waals surface area contributed by atoms with Gasteiger partial charge in [0, 0.05) is 12.1 Å². The number of nitrogens with zero attached hydrogens (tertiary/aromatic N) is 1. The third-order valence-corrected chi connectivity index (χ3v) is 4.99. The van der Waals surface area contributed by atoms with Crippen LogP contribution in [0.4, 0.5) is 0 Å². The maximum Gasteiger partial charge on any atom is 0.0781 e. The zero-order valence-electron chi connectivity index (χ0n) is 10.6. The molecule has 1 aliphatic carbocycles. The molecule has 0 amide bonds. The topological polar surface area (TPSA) is 35.8 Å². The van der Waals surface area contributed by atoms with Crippen LogP contribution in [0.5, 0.6) is 0 Å². The molecule has 1 aliphatic rings. The molecule has 0 spiro atoms. The Morgan fingerprint density at radius 2 is 2.00 bits per heavy atom. The first-order valence-electron chi connectivity index (χ1n) is 6.33. The summed E-state index contributed by atoms with van der Waals surface area (Å²) in [7, 11) is 0. The second kappa shape index (κ2) is 6.33. The highest BCUT2D eigenvalue weighted by Crippen LogP contribution is 2.36. The Morgan fingerprint density at radius 1 is 1.26 bits per heavy atom. The van der Waals surface area contributed by atoms with Gasteiger partial charge in [-0.05, 0) is 31.4 Å². The maximum atomic E-state index is 9.10. The lowest BCUT2D eigenvalue weighted by molar-refractivity contribution is 0.417. The van der Waals surface area contributed by atoms with E-state index < -0.39 is 0 Å². The Bertz CT molecular complexity index is 510. The summed E-state index contributed by atoms with van der Waals surface area (Å²) in [5.74, 6) is 0.0870. The maximum absolute atomic E-state index is 9.10. The molecule has 19 heavy (non-hydrogen) atoms. The molecule has 0 saturated heterocycles. The minimum atomic E-state index is 0.0428. The molecule has 2 rings (SSSR count). The molecule has 0 radical (unpaired) electrons. The van der Waals surface area contributed by atoms with Gasteiger partial charge in [0.05, 0.1) is 27.1 Å². The fourth-order valence-electron chi connectivity index (χ4n) is 2.60. The quantitative estimate of drug-likeness (QED) is 0.797. The zero-order valence-corrected chi connectivity index (χ0v) is 12.9. The van der Waals surface area contributed by atoms with E-state index in [-0.39, 0.29) is 18.0 Å². The summed E-state index contributed by atoms with van der Waals surface area (Å²) in [5, 5.41) is 13.9. The van der Waals surface area contributed by atoms with Crippen LogP contribution >= 0.6 is 34.8 Å². The van der Waals surface area contributed by atoms with Crippen molar-refractivity contribution in [2.45, 2.75) is 38.3 Å². The van der Waals surface area contributed by atoms with Gasteiger partial charge >= 0.3 is 0 Å². The molecule has 0 bridgehead atoms. The molecule has 0 heterocycles. The molecule has 1 fully saturated rings. The summed E-state index contributed by atoms with van der Waals surface area (Å²) in [5.41, 5.74) is 0.916. The lowest BCUT2D eigenvalue weighted by Crippen LogP contribution is -2.34. The van der Waals surface area contributed by atoms with E-state index in [2.05, 4.69) is 11.4 Å². The minimum absolute atomic E-state index is 0.0428. The zero-order chi connectivity index (χ0) is 14.0. The van der Waals surface area contributed by atoms with E-state index in [1.807, 2.05) is 13.0 Å². The Morgan fingerprint density at radius 3 is 2.68 bits per heavy atom. The number of rotatable bonds is 3. The smallest absolute Gasteiger partial charge is 0.0781 e. The first kappa shape index (κ1) is 14.9. The molecule has 102 valence electrons. The van der Waals surface area contributed by atoms with E-state index in [0.717, 1.165) is 24.8 Å².